The van der Waals surface area contributed by atoms with E-state index >= 15 is 0 Å². The number of H-pyrrole nitrogens is 1. The van der Waals surface area contributed by atoms with Crippen LogP contribution in [-0.4, -0.2) is 21.9 Å². The molecule has 3 aromatic rings. The Morgan fingerprint density at radius 3 is 2.88 bits per heavy atom. The van der Waals surface area contributed by atoms with Crippen molar-refractivity contribution in [2.45, 2.75) is 26.3 Å². The summed E-state index contributed by atoms with van der Waals surface area (Å²) in [7, 11) is 0. The number of aromatic nitrogens is 2. The van der Waals surface area contributed by atoms with E-state index in [-0.39, 0.29) is 17.5 Å². The summed E-state index contributed by atoms with van der Waals surface area (Å²) < 4.78 is 0. The van der Waals surface area contributed by atoms with E-state index in [0.717, 1.165) is 16.5 Å². The maximum atomic E-state index is 12.6. The Morgan fingerprint density at radius 1 is 1.29 bits per heavy atom. The number of nitrogens with zero attached hydrogens (tertiary/aromatic N) is 1. The van der Waals surface area contributed by atoms with Crippen molar-refractivity contribution in [3.63, 3.8) is 0 Å². The van der Waals surface area contributed by atoms with E-state index in [9.17, 15) is 9.59 Å². The van der Waals surface area contributed by atoms with Crippen LogP contribution >= 0.6 is 0 Å². The first-order chi connectivity index (χ1) is 11.5. The number of hydrogen-bond donors (Lipinski definition) is 2. The van der Waals surface area contributed by atoms with Gasteiger partial charge in [0.05, 0.1) is 5.56 Å². The average Bonchev–Trinajstić information content (AvgIpc) is 2.55. The third kappa shape index (κ3) is 3.51. The van der Waals surface area contributed by atoms with E-state index in [0.29, 0.717) is 17.5 Å². The molecule has 1 amide bonds. The Balaban J connectivity index is 1.86. The number of amides is 1. The summed E-state index contributed by atoms with van der Waals surface area (Å²) in [4.78, 5) is 31.3. The molecule has 24 heavy (non-hydrogen) atoms. The molecule has 0 spiro atoms. The van der Waals surface area contributed by atoms with Gasteiger partial charge in [0, 0.05) is 35.4 Å². The molecule has 2 aromatic heterocycles. The molecule has 0 aliphatic rings. The van der Waals surface area contributed by atoms with Gasteiger partial charge in [0.2, 0.25) is 5.56 Å². The number of aromatic amines is 1. The maximum Gasteiger partial charge on any atom is 0.252 e. The minimum atomic E-state index is -0.281. The molecule has 0 aliphatic heterocycles. The van der Waals surface area contributed by atoms with Crippen LogP contribution in [0.2, 0.25) is 0 Å². The van der Waals surface area contributed by atoms with Gasteiger partial charge in [-0.2, -0.15) is 0 Å². The molecule has 5 nitrogen and oxygen atoms in total. The van der Waals surface area contributed by atoms with E-state index < -0.39 is 0 Å². The van der Waals surface area contributed by atoms with Gasteiger partial charge in [-0.25, -0.2) is 0 Å². The predicted octanol–water partition coefficient (Wildman–Crippen LogP) is 2.59. The topological polar surface area (TPSA) is 74.8 Å². The van der Waals surface area contributed by atoms with Gasteiger partial charge in [0.25, 0.3) is 5.91 Å². The SMILES string of the molecule is Cc1ccc2[nH]c(=O)cc(C(=O)N[C@H](C)Cc3cccnc3)c2c1. The smallest absolute Gasteiger partial charge is 0.252 e. The molecule has 0 unspecified atom stereocenters. The second-order valence-corrected chi connectivity index (χ2v) is 6.04. The van der Waals surface area contributed by atoms with Gasteiger partial charge in [0.15, 0.2) is 0 Å². The molecule has 0 saturated heterocycles. The van der Waals surface area contributed by atoms with Crippen LogP contribution in [0.3, 0.4) is 0 Å². The lowest BCUT2D eigenvalue weighted by Gasteiger charge is -2.15. The summed E-state index contributed by atoms with van der Waals surface area (Å²) in [6.07, 6.45) is 4.19. The van der Waals surface area contributed by atoms with Crippen LogP contribution in [0.25, 0.3) is 10.9 Å². The molecule has 1 atom stereocenters. The summed E-state index contributed by atoms with van der Waals surface area (Å²) in [5.41, 5.74) is 2.87. The molecule has 0 aliphatic carbocycles. The summed E-state index contributed by atoms with van der Waals surface area (Å²) >= 11 is 0. The summed E-state index contributed by atoms with van der Waals surface area (Å²) in [5, 5.41) is 3.71. The maximum absolute atomic E-state index is 12.6. The zero-order chi connectivity index (χ0) is 17.1. The van der Waals surface area contributed by atoms with Crippen molar-refractivity contribution in [2.75, 3.05) is 0 Å². The Hall–Kier alpha value is -2.95. The van der Waals surface area contributed by atoms with Crippen molar-refractivity contribution in [1.82, 2.24) is 15.3 Å². The van der Waals surface area contributed by atoms with E-state index in [2.05, 4.69) is 15.3 Å². The van der Waals surface area contributed by atoms with Crippen molar-refractivity contribution in [3.05, 3.63) is 75.8 Å². The van der Waals surface area contributed by atoms with Gasteiger partial charge < -0.3 is 10.3 Å². The monoisotopic (exact) mass is 321 g/mol. The van der Waals surface area contributed by atoms with Crippen LogP contribution in [-0.2, 0) is 6.42 Å². The lowest BCUT2D eigenvalue weighted by atomic mass is 10.0. The molecule has 0 saturated carbocycles. The highest BCUT2D eigenvalue weighted by Crippen LogP contribution is 2.17. The quantitative estimate of drug-likeness (QED) is 0.775. The summed E-state index contributed by atoms with van der Waals surface area (Å²) in [5.74, 6) is -0.243. The highest BCUT2D eigenvalue weighted by molar-refractivity contribution is 6.06. The van der Waals surface area contributed by atoms with Crippen LogP contribution in [0.1, 0.15) is 28.4 Å². The first-order valence-corrected chi connectivity index (χ1v) is 7.86. The number of pyridine rings is 2. The Labute approximate surface area is 139 Å². The van der Waals surface area contributed by atoms with Crippen LogP contribution in [0.4, 0.5) is 0 Å². The highest BCUT2D eigenvalue weighted by Gasteiger charge is 2.14. The number of fused-ring (bicyclic) bond motifs is 1. The predicted molar refractivity (Wildman–Crippen MR) is 94.2 cm³/mol. The molecule has 1 aromatic carbocycles. The van der Waals surface area contributed by atoms with Crippen LogP contribution in [0.5, 0.6) is 0 Å². The molecule has 122 valence electrons. The molecular formula is C19H19N3O2. The minimum absolute atomic E-state index is 0.0687. The Kier molecular flexibility index (Phi) is 4.42. The van der Waals surface area contributed by atoms with Gasteiger partial charge in [0.1, 0.15) is 0 Å². The molecule has 0 bridgehead atoms. The van der Waals surface area contributed by atoms with Crippen molar-refractivity contribution >= 4 is 16.8 Å². The van der Waals surface area contributed by atoms with Crippen molar-refractivity contribution in [1.29, 1.82) is 0 Å². The molecule has 0 radical (unpaired) electrons. The zero-order valence-electron chi connectivity index (χ0n) is 13.7. The fraction of sp³-hybridized carbons (Fsp3) is 0.211. The molecule has 2 N–H and O–H groups in total. The largest absolute Gasteiger partial charge is 0.349 e. The summed E-state index contributed by atoms with van der Waals surface area (Å²) in [6, 6.07) is 10.8. The number of carbonyl (C=O) groups excluding carboxylic acids is 1. The molecule has 3 rings (SSSR count). The number of nitrogens with one attached hydrogen (secondary N) is 2. The fourth-order valence-electron chi connectivity index (χ4n) is 2.78. The van der Waals surface area contributed by atoms with E-state index in [1.165, 1.54) is 6.07 Å². The second-order valence-electron chi connectivity index (χ2n) is 6.04. The van der Waals surface area contributed by atoms with Gasteiger partial charge in [-0.1, -0.05) is 17.7 Å². The normalized spacial score (nSPS) is 12.1. The Bertz CT molecular complexity index is 932. The van der Waals surface area contributed by atoms with Gasteiger partial charge in [-0.05, 0) is 44.0 Å². The first-order valence-electron chi connectivity index (χ1n) is 7.86. The highest BCUT2D eigenvalue weighted by atomic mass is 16.2. The third-order valence-electron chi connectivity index (χ3n) is 3.89. The van der Waals surface area contributed by atoms with E-state index in [4.69, 9.17) is 0 Å². The average molecular weight is 321 g/mol. The van der Waals surface area contributed by atoms with Crippen LogP contribution < -0.4 is 10.9 Å². The number of carbonyl (C=O) groups is 1. The van der Waals surface area contributed by atoms with Crippen molar-refractivity contribution in [3.8, 4) is 0 Å². The lowest BCUT2D eigenvalue weighted by molar-refractivity contribution is 0.0941. The molecule has 0 fully saturated rings. The van der Waals surface area contributed by atoms with E-state index in [1.807, 2.05) is 44.2 Å². The lowest BCUT2D eigenvalue weighted by Crippen LogP contribution is -2.34. The third-order valence-corrected chi connectivity index (χ3v) is 3.89. The van der Waals surface area contributed by atoms with Gasteiger partial charge >= 0.3 is 0 Å². The second kappa shape index (κ2) is 6.66. The van der Waals surface area contributed by atoms with E-state index in [1.54, 1.807) is 12.4 Å². The minimum Gasteiger partial charge on any atom is -0.349 e. The van der Waals surface area contributed by atoms with Gasteiger partial charge in [-0.3, -0.25) is 14.6 Å². The number of rotatable bonds is 4. The van der Waals surface area contributed by atoms with Crippen molar-refractivity contribution in [2.24, 2.45) is 0 Å². The number of benzene rings is 1. The zero-order valence-corrected chi connectivity index (χ0v) is 13.7. The molecular weight excluding hydrogens is 302 g/mol. The Morgan fingerprint density at radius 2 is 2.12 bits per heavy atom. The standard InChI is InChI=1S/C19H19N3O2/c1-12-5-6-17-15(8-12)16(10-18(23)22-17)19(24)21-13(2)9-14-4-3-7-20-11-14/h3-8,10-11,13H,9H2,1-2H3,(H,21,24)(H,22,23)/t13-/m1/s1. The molecule has 5 heteroatoms. The van der Waals surface area contributed by atoms with Crippen molar-refractivity contribution < 1.29 is 4.79 Å². The molecule has 2 heterocycles. The first kappa shape index (κ1) is 15.9. The number of aryl methyl sites for hydroxylation is 1. The fourth-order valence-corrected chi connectivity index (χ4v) is 2.78. The van der Waals surface area contributed by atoms with Crippen LogP contribution in [0, 0.1) is 6.92 Å². The van der Waals surface area contributed by atoms with Gasteiger partial charge in [-0.15, -0.1) is 0 Å². The number of hydrogen-bond acceptors (Lipinski definition) is 3. The summed E-state index contributed by atoms with van der Waals surface area (Å²) in [6.45, 7) is 3.89. The van der Waals surface area contributed by atoms with Crippen LogP contribution in [0.15, 0.2) is 53.6 Å².